The molecule has 4 nitrogen and oxygen atoms in total. The third-order valence-electron chi connectivity index (χ3n) is 2.93. The Bertz CT molecular complexity index is 368. The van der Waals surface area contributed by atoms with Gasteiger partial charge in [-0.05, 0) is 31.2 Å². The van der Waals surface area contributed by atoms with Gasteiger partial charge in [-0.3, -0.25) is 9.36 Å². The first-order chi connectivity index (χ1) is 6.76. The summed E-state index contributed by atoms with van der Waals surface area (Å²) in [6, 6.07) is 1.50. The Morgan fingerprint density at radius 1 is 1.57 bits per heavy atom. The van der Waals surface area contributed by atoms with Crippen LogP contribution in [0.1, 0.15) is 19.3 Å². The molecule has 4 heteroatoms. The molecular weight excluding hydrogens is 178 g/mol. The zero-order valence-electron chi connectivity index (χ0n) is 8.15. The maximum absolute atomic E-state index is 11.4. The van der Waals surface area contributed by atoms with Crippen molar-refractivity contribution in [3.8, 4) is 0 Å². The summed E-state index contributed by atoms with van der Waals surface area (Å²) in [5, 5.41) is 0. The Balaban J connectivity index is 2.11. The van der Waals surface area contributed by atoms with Crippen molar-refractivity contribution in [2.45, 2.75) is 25.8 Å². The summed E-state index contributed by atoms with van der Waals surface area (Å²) in [5.41, 5.74) is 5.87. The van der Waals surface area contributed by atoms with Gasteiger partial charge in [0.05, 0.1) is 6.33 Å². The van der Waals surface area contributed by atoms with Crippen LogP contribution in [0.3, 0.4) is 0 Å². The molecule has 1 saturated carbocycles. The molecule has 2 N–H and O–H groups in total. The van der Waals surface area contributed by atoms with Crippen molar-refractivity contribution in [3.05, 3.63) is 28.9 Å². The number of nitrogens with two attached hydrogens (primary N) is 1. The van der Waals surface area contributed by atoms with E-state index in [-0.39, 0.29) is 5.56 Å². The second-order valence-corrected chi connectivity index (χ2v) is 4.09. The Hall–Kier alpha value is -1.16. The third kappa shape index (κ3) is 1.85. The summed E-state index contributed by atoms with van der Waals surface area (Å²) in [5.74, 6) is 0. The fourth-order valence-corrected chi connectivity index (χ4v) is 1.83. The van der Waals surface area contributed by atoms with Crippen molar-refractivity contribution in [2.24, 2.45) is 11.1 Å². The summed E-state index contributed by atoms with van der Waals surface area (Å²) in [4.78, 5) is 15.4. The van der Waals surface area contributed by atoms with Crippen molar-refractivity contribution in [2.75, 3.05) is 6.54 Å². The van der Waals surface area contributed by atoms with E-state index in [2.05, 4.69) is 4.98 Å². The highest BCUT2D eigenvalue weighted by atomic mass is 16.1. The second-order valence-electron chi connectivity index (χ2n) is 4.09. The highest BCUT2D eigenvalue weighted by molar-refractivity contribution is 4.95. The molecule has 1 aromatic heterocycles. The van der Waals surface area contributed by atoms with E-state index in [0.29, 0.717) is 12.0 Å². The maximum atomic E-state index is 11.4. The number of aromatic nitrogens is 2. The Labute approximate surface area is 82.8 Å². The van der Waals surface area contributed by atoms with Crippen LogP contribution in [0, 0.1) is 5.41 Å². The summed E-state index contributed by atoms with van der Waals surface area (Å²) in [7, 11) is 0. The minimum absolute atomic E-state index is 0.0308. The molecule has 14 heavy (non-hydrogen) atoms. The summed E-state index contributed by atoms with van der Waals surface area (Å²) in [6.45, 7) is 1.48. The van der Waals surface area contributed by atoms with Crippen LogP contribution in [0.5, 0.6) is 0 Å². The zero-order chi connectivity index (χ0) is 10.0. The smallest absolute Gasteiger partial charge is 0.253 e. The first kappa shape index (κ1) is 9.40. The van der Waals surface area contributed by atoms with Crippen molar-refractivity contribution >= 4 is 0 Å². The monoisotopic (exact) mass is 193 g/mol. The van der Waals surface area contributed by atoms with Gasteiger partial charge in [-0.1, -0.05) is 0 Å². The Morgan fingerprint density at radius 3 is 2.93 bits per heavy atom. The number of hydrogen-bond acceptors (Lipinski definition) is 3. The van der Waals surface area contributed by atoms with E-state index < -0.39 is 0 Å². The molecule has 0 amide bonds. The molecule has 1 aliphatic rings. The van der Waals surface area contributed by atoms with Crippen molar-refractivity contribution in [3.63, 3.8) is 0 Å². The fourth-order valence-electron chi connectivity index (χ4n) is 1.83. The molecule has 76 valence electrons. The van der Waals surface area contributed by atoms with Crippen LogP contribution < -0.4 is 11.3 Å². The molecule has 2 rings (SSSR count). The van der Waals surface area contributed by atoms with Crippen molar-refractivity contribution < 1.29 is 0 Å². The Kier molecular flexibility index (Phi) is 2.37. The van der Waals surface area contributed by atoms with Crippen LogP contribution in [0.4, 0.5) is 0 Å². The number of nitrogens with zero attached hydrogens (tertiary/aromatic N) is 2. The number of rotatable bonds is 4. The molecule has 1 heterocycles. The summed E-state index contributed by atoms with van der Waals surface area (Å²) < 4.78 is 1.68. The molecule has 1 fully saturated rings. The van der Waals surface area contributed by atoms with E-state index in [1.807, 2.05) is 0 Å². The minimum Gasteiger partial charge on any atom is -0.330 e. The van der Waals surface area contributed by atoms with Gasteiger partial charge in [-0.2, -0.15) is 0 Å². The van der Waals surface area contributed by atoms with Gasteiger partial charge < -0.3 is 5.73 Å². The fraction of sp³-hybridized carbons (Fsp3) is 0.600. The molecule has 0 aliphatic heterocycles. The SMILES string of the molecule is NCCC1(Cn2cnccc2=O)CC1. The third-order valence-corrected chi connectivity index (χ3v) is 2.93. The molecule has 0 spiro atoms. The predicted molar refractivity (Wildman–Crippen MR) is 53.8 cm³/mol. The minimum atomic E-state index is 0.0308. The molecule has 0 unspecified atom stereocenters. The van der Waals surface area contributed by atoms with Gasteiger partial charge in [0.2, 0.25) is 0 Å². The molecule has 0 aromatic carbocycles. The average molecular weight is 193 g/mol. The Morgan fingerprint density at radius 2 is 2.36 bits per heavy atom. The predicted octanol–water partition coefficient (Wildman–Crippen LogP) is 0.372. The molecule has 1 aliphatic carbocycles. The van der Waals surface area contributed by atoms with Crippen LogP contribution in [-0.2, 0) is 6.54 Å². The number of hydrogen-bond donors (Lipinski definition) is 1. The molecule has 0 bridgehead atoms. The van der Waals surface area contributed by atoms with E-state index >= 15 is 0 Å². The van der Waals surface area contributed by atoms with Gasteiger partial charge in [-0.25, -0.2) is 4.98 Å². The molecule has 1 aromatic rings. The average Bonchev–Trinajstić information content (AvgIpc) is 2.90. The highest BCUT2D eigenvalue weighted by Crippen LogP contribution is 2.49. The van der Waals surface area contributed by atoms with Crippen LogP contribution in [0.15, 0.2) is 23.4 Å². The van der Waals surface area contributed by atoms with Crippen molar-refractivity contribution in [1.29, 1.82) is 0 Å². The lowest BCUT2D eigenvalue weighted by atomic mass is 10.0. The summed E-state index contributed by atoms with van der Waals surface area (Å²) >= 11 is 0. The van der Waals surface area contributed by atoms with Crippen molar-refractivity contribution in [1.82, 2.24) is 9.55 Å². The standard InChI is InChI=1S/C10H15N3O/c11-5-4-10(2-3-10)7-13-8-12-6-1-9(13)14/h1,6,8H,2-5,7,11H2. The van der Waals surface area contributed by atoms with Crippen LogP contribution >= 0.6 is 0 Å². The lowest BCUT2D eigenvalue weighted by Gasteiger charge is -2.14. The molecule has 0 radical (unpaired) electrons. The quantitative estimate of drug-likeness (QED) is 0.751. The van der Waals surface area contributed by atoms with E-state index in [1.54, 1.807) is 10.9 Å². The molecule has 0 saturated heterocycles. The summed E-state index contributed by atoms with van der Waals surface area (Å²) in [6.07, 6.45) is 6.52. The lowest BCUT2D eigenvalue weighted by Crippen LogP contribution is -2.25. The van der Waals surface area contributed by atoms with E-state index in [4.69, 9.17) is 5.73 Å². The van der Waals surface area contributed by atoms with Gasteiger partial charge in [-0.15, -0.1) is 0 Å². The molecular formula is C10H15N3O. The first-order valence-electron chi connectivity index (χ1n) is 4.96. The lowest BCUT2D eigenvalue weighted by molar-refractivity contribution is 0.389. The second kappa shape index (κ2) is 3.53. The topological polar surface area (TPSA) is 60.9 Å². The van der Waals surface area contributed by atoms with Gasteiger partial charge in [0, 0.05) is 18.8 Å². The normalized spacial score (nSPS) is 18.1. The van der Waals surface area contributed by atoms with Crippen LogP contribution in [0.25, 0.3) is 0 Å². The van der Waals surface area contributed by atoms with Gasteiger partial charge >= 0.3 is 0 Å². The van der Waals surface area contributed by atoms with E-state index in [0.717, 1.165) is 13.0 Å². The zero-order valence-corrected chi connectivity index (χ0v) is 8.15. The van der Waals surface area contributed by atoms with E-state index in [1.165, 1.54) is 25.1 Å². The van der Waals surface area contributed by atoms with E-state index in [9.17, 15) is 4.79 Å². The van der Waals surface area contributed by atoms with Crippen LogP contribution in [0.2, 0.25) is 0 Å². The van der Waals surface area contributed by atoms with Gasteiger partial charge in [0.15, 0.2) is 0 Å². The maximum Gasteiger partial charge on any atom is 0.253 e. The molecule has 0 atom stereocenters. The highest BCUT2D eigenvalue weighted by Gasteiger charge is 2.41. The largest absolute Gasteiger partial charge is 0.330 e. The van der Waals surface area contributed by atoms with Gasteiger partial charge in [0.25, 0.3) is 5.56 Å². The van der Waals surface area contributed by atoms with Crippen LogP contribution in [-0.4, -0.2) is 16.1 Å². The first-order valence-corrected chi connectivity index (χ1v) is 4.96. The van der Waals surface area contributed by atoms with Gasteiger partial charge in [0.1, 0.15) is 0 Å².